The van der Waals surface area contributed by atoms with Crippen LogP contribution in [0.2, 0.25) is 0 Å². The molecule has 0 aliphatic heterocycles. The third-order valence-corrected chi connectivity index (χ3v) is 0. The summed E-state index contributed by atoms with van der Waals surface area (Å²) in [6.07, 6.45) is 0. The monoisotopic (exact) mass is 377 g/mol. The van der Waals surface area contributed by atoms with Crippen molar-refractivity contribution in [3.8, 4) is 0 Å². The van der Waals surface area contributed by atoms with Crippen LogP contribution >= 0.6 is 0 Å². The fourth-order valence-corrected chi connectivity index (χ4v) is 0. The van der Waals surface area contributed by atoms with Gasteiger partial charge in [-0.25, -0.2) is 0 Å². The van der Waals surface area contributed by atoms with E-state index in [9.17, 15) is 0 Å². The molecule has 0 fully saturated rings. The van der Waals surface area contributed by atoms with Crippen molar-refractivity contribution >= 4 is 19.0 Å². The maximum Gasteiger partial charge on any atom is 0 e. The van der Waals surface area contributed by atoms with Gasteiger partial charge < -0.3 is 0 Å². The summed E-state index contributed by atoms with van der Waals surface area (Å²) in [5.74, 6) is 0. The molecule has 0 saturated heterocycles. The van der Waals surface area contributed by atoms with Crippen molar-refractivity contribution in [1.82, 2.24) is 0 Å². The van der Waals surface area contributed by atoms with Crippen LogP contribution in [0.3, 0.4) is 0 Å². The van der Waals surface area contributed by atoms with Crippen molar-refractivity contribution in [1.29, 1.82) is 0 Å². The van der Waals surface area contributed by atoms with E-state index < -0.39 is 19.0 Å². The molecule has 1 radical (unpaired) electrons. The minimum atomic E-state index is -5.52. The maximum absolute atomic E-state index is 8.85. The van der Waals surface area contributed by atoms with Gasteiger partial charge in [-0.05, 0) is 0 Å². The molecule has 0 unspecified atom stereocenters. The second kappa shape index (κ2) is 3.10. The van der Waals surface area contributed by atoms with Crippen LogP contribution in [0.5, 0.6) is 0 Å². The Kier molecular flexibility index (Phi) is 5.23. The standard InChI is InChI=1S/H2O4Te.Ta/c1-5(2,3)4;/h(H2,1,2,3,4);. The quantitative estimate of drug-likeness (QED) is 0.494. The summed E-state index contributed by atoms with van der Waals surface area (Å²) in [4.78, 5) is 0. The topological polar surface area (TPSA) is 74.6 Å². The first-order valence-electron chi connectivity index (χ1n) is 0.698. The average Bonchev–Trinajstić information content (AvgIpc) is 0.722. The van der Waals surface area contributed by atoms with E-state index in [4.69, 9.17) is 13.2 Å². The fraction of sp³-hybridized carbons (Fsp3) is 0. The maximum atomic E-state index is 8.85. The van der Waals surface area contributed by atoms with E-state index in [0.29, 0.717) is 0 Å². The van der Waals surface area contributed by atoms with Crippen LogP contribution in [0, 0.1) is 0 Å². The van der Waals surface area contributed by atoms with Gasteiger partial charge in [-0.2, -0.15) is 0 Å². The van der Waals surface area contributed by atoms with Crippen LogP contribution in [-0.2, 0) is 28.6 Å². The first kappa shape index (κ1) is 10.1. The Labute approximate surface area is 54.3 Å². The van der Waals surface area contributed by atoms with Gasteiger partial charge in [0.2, 0.25) is 0 Å². The van der Waals surface area contributed by atoms with Crippen LogP contribution in [0.1, 0.15) is 0 Å². The normalized spacial score (nSPS) is 9.67. The van der Waals surface area contributed by atoms with Crippen molar-refractivity contribution in [2.75, 3.05) is 0 Å². The van der Waals surface area contributed by atoms with Crippen molar-refractivity contribution in [3.63, 3.8) is 0 Å². The van der Waals surface area contributed by atoms with E-state index in [-0.39, 0.29) is 22.4 Å². The fourth-order valence-electron chi connectivity index (χ4n) is 0. The molecule has 0 aliphatic carbocycles. The molecule has 2 N–H and O–H groups in total. The number of rotatable bonds is 0. The van der Waals surface area contributed by atoms with Gasteiger partial charge in [0.15, 0.2) is 0 Å². The summed E-state index contributed by atoms with van der Waals surface area (Å²) >= 11 is -5.52. The first-order valence-corrected chi connectivity index (χ1v) is 4.69. The molecule has 37 valence electrons. The Morgan fingerprint density at radius 1 is 1.17 bits per heavy atom. The third kappa shape index (κ3) is 75.1. The number of hydrogen-bond donors (Lipinski definition) is 2. The van der Waals surface area contributed by atoms with Gasteiger partial charge in [0.05, 0.1) is 0 Å². The van der Waals surface area contributed by atoms with Gasteiger partial charge in [0.1, 0.15) is 0 Å². The second-order valence-corrected chi connectivity index (χ2v) is 3.00. The van der Waals surface area contributed by atoms with Crippen molar-refractivity contribution < 1.29 is 35.5 Å². The molecular weight excluding hydrogens is 373 g/mol. The van der Waals surface area contributed by atoms with Gasteiger partial charge in [-0.1, -0.05) is 0 Å². The van der Waals surface area contributed by atoms with Crippen molar-refractivity contribution in [2.45, 2.75) is 0 Å². The Balaban J connectivity index is 0. The molecule has 0 heterocycles. The molecule has 6 heteroatoms. The molecule has 0 aliphatic rings. The van der Waals surface area contributed by atoms with Crippen molar-refractivity contribution in [2.24, 2.45) is 0 Å². The summed E-state index contributed by atoms with van der Waals surface area (Å²) in [5.41, 5.74) is 0. The van der Waals surface area contributed by atoms with Gasteiger partial charge in [0, 0.05) is 22.4 Å². The van der Waals surface area contributed by atoms with E-state index in [1.54, 1.807) is 0 Å². The van der Waals surface area contributed by atoms with E-state index in [1.165, 1.54) is 0 Å². The van der Waals surface area contributed by atoms with Gasteiger partial charge in [-0.3, -0.25) is 0 Å². The molecular formula is H2O4TaTe. The molecule has 0 spiro atoms. The zero-order valence-electron chi connectivity index (χ0n) is 2.57. The van der Waals surface area contributed by atoms with E-state index in [0.717, 1.165) is 0 Å². The molecule has 0 aromatic carbocycles. The predicted molar refractivity (Wildman–Crippen MR) is 11.6 cm³/mol. The smallest absolute Gasteiger partial charge is 0 e. The Morgan fingerprint density at radius 2 is 1.17 bits per heavy atom. The first-order chi connectivity index (χ1) is 2.00. The summed E-state index contributed by atoms with van der Waals surface area (Å²) < 4.78 is 32.0. The molecule has 4 nitrogen and oxygen atoms in total. The Hall–Kier alpha value is 1.05. The number of hydrogen-bond acceptors (Lipinski definition) is 2. The molecule has 0 atom stereocenters. The third-order valence-electron chi connectivity index (χ3n) is 0. The van der Waals surface area contributed by atoms with Gasteiger partial charge in [-0.15, -0.1) is 0 Å². The van der Waals surface area contributed by atoms with E-state index in [1.807, 2.05) is 0 Å². The molecule has 6 heavy (non-hydrogen) atoms. The predicted octanol–water partition coefficient (Wildman–Crippen LogP) is -1.73. The van der Waals surface area contributed by atoms with Crippen molar-refractivity contribution in [3.05, 3.63) is 0 Å². The summed E-state index contributed by atoms with van der Waals surface area (Å²) in [5, 5.41) is 0. The molecule has 0 aromatic rings. The molecule has 0 saturated carbocycles. The van der Waals surface area contributed by atoms with E-state index in [2.05, 4.69) is 0 Å². The Bertz CT molecular complexity index is 90.7. The molecule has 0 bridgehead atoms. The van der Waals surface area contributed by atoms with Gasteiger partial charge in [0.25, 0.3) is 0 Å². The van der Waals surface area contributed by atoms with Crippen LogP contribution in [0.4, 0.5) is 0 Å². The zero-order valence-corrected chi connectivity index (χ0v) is 8.11. The average molecular weight is 375 g/mol. The molecule has 0 rings (SSSR count). The summed E-state index contributed by atoms with van der Waals surface area (Å²) in [6, 6.07) is 0. The van der Waals surface area contributed by atoms with Crippen LogP contribution < -0.4 is 0 Å². The second-order valence-electron chi connectivity index (χ2n) is 0.448. The van der Waals surface area contributed by atoms with Crippen LogP contribution in [-0.4, -0.2) is 25.9 Å². The van der Waals surface area contributed by atoms with E-state index >= 15 is 0 Å². The molecule has 0 amide bonds. The molecule has 0 aromatic heterocycles. The minimum Gasteiger partial charge on any atom is 0 e. The minimum absolute atomic E-state index is 0. The summed E-state index contributed by atoms with van der Waals surface area (Å²) in [6.45, 7) is 0. The van der Waals surface area contributed by atoms with Crippen LogP contribution in [0.15, 0.2) is 0 Å². The zero-order chi connectivity index (χ0) is 4.50. The largest absolute Gasteiger partial charge is 0 e. The Morgan fingerprint density at radius 3 is 1.17 bits per heavy atom. The SMILES string of the molecule is O=[Te](=O)(O)O.[Ta]. The summed E-state index contributed by atoms with van der Waals surface area (Å²) in [7, 11) is 0. The van der Waals surface area contributed by atoms with Crippen LogP contribution in [0.25, 0.3) is 0 Å². The van der Waals surface area contributed by atoms with Gasteiger partial charge >= 0.3 is 32.1 Å².